The number of methoxy groups -OCH3 is 2. The van der Waals surface area contributed by atoms with Crippen molar-refractivity contribution in [3.05, 3.63) is 52.5 Å². The zero-order valence-electron chi connectivity index (χ0n) is 20.5. The van der Waals surface area contributed by atoms with E-state index < -0.39 is 0 Å². The highest BCUT2D eigenvalue weighted by Gasteiger charge is 2.30. The van der Waals surface area contributed by atoms with Crippen molar-refractivity contribution in [2.75, 3.05) is 32.8 Å². The molecular formula is C25H29N5O5. The number of benzene rings is 1. The van der Waals surface area contributed by atoms with Crippen molar-refractivity contribution in [3.8, 4) is 22.6 Å². The molecule has 1 amide bonds. The van der Waals surface area contributed by atoms with Crippen LogP contribution in [-0.2, 0) is 16.6 Å². The van der Waals surface area contributed by atoms with E-state index in [2.05, 4.69) is 27.2 Å². The Balaban J connectivity index is 1.75. The molecule has 1 fully saturated rings. The molecule has 0 saturated carbocycles. The average Bonchev–Trinajstić information content (AvgIpc) is 3.28. The second kappa shape index (κ2) is 9.75. The molecule has 4 rings (SSSR count). The standard InChI is InChI=1S/C25H29N5O5/c1-7-21(31)27-17-11-35-12-18(17)28-25-26-10-15-8-16(24(32)30(4)23(15)29-25)22-13(2)19(33-5)9-20(34-6)14(22)3/h7-10,17-18H,1,11-12H2,2-6H3,(H,27,31)(H,26,28,29). The molecule has 2 unspecified atom stereocenters. The number of hydrogen-bond donors (Lipinski definition) is 2. The minimum absolute atomic E-state index is 0.205. The SMILES string of the molecule is C=CC(=O)NC1COCC1Nc1ncc2cc(-c3c(C)c(OC)cc(OC)c3C)c(=O)n(C)c2n1. The fourth-order valence-electron chi connectivity index (χ4n) is 4.43. The van der Waals surface area contributed by atoms with E-state index in [1.165, 1.54) is 10.6 Å². The molecule has 2 aromatic heterocycles. The Labute approximate surface area is 202 Å². The van der Waals surface area contributed by atoms with Crippen molar-refractivity contribution in [2.24, 2.45) is 7.05 Å². The molecule has 2 atom stereocenters. The van der Waals surface area contributed by atoms with Gasteiger partial charge in [-0.05, 0) is 37.1 Å². The van der Waals surface area contributed by atoms with Crippen LogP contribution in [-0.4, -0.2) is 60.0 Å². The first-order valence-corrected chi connectivity index (χ1v) is 11.2. The summed E-state index contributed by atoms with van der Waals surface area (Å²) in [5.74, 6) is 1.33. The van der Waals surface area contributed by atoms with Crippen LogP contribution in [0.3, 0.4) is 0 Å². The Morgan fingerprint density at radius 1 is 1.17 bits per heavy atom. The minimum Gasteiger partial charge on any atom is -0.496 e. The van der Waals surface area contributed by atoms with Crippen LogP contribution in [0.15, 0.2) is 35.8 Å². The molecule has 3 heterocycles. The van der Waals surface area contributed by atoms with Crippen LogP contribution in [0, 0.1) is 13.8 Å². The Morgan fingerprint density at radius 2 is 1.83 bits per heavy atom. The van der Waals surface area contributed by atoms with Crippen molar-refractivity contribution < 1.29 is 19.0 Å². The lowest BCUT2D eigenvalue weighted by molar-refractivity contribution is -0.117. The number of pyridine rings is 1. The van der Waals surface area contributed by atoms with Crippen LogP contribution in [0.5, 0.6) is 11.5 Å². The number of ether oxygens (including phenoxy) is 3. The number of anilines is 1. The topological polar surface area (TPSA) is 117 Å². The number of fused-ring (bicyclic) bond motifs is 1. The van der Waals surface area contributed by atoms with Crippen LogP contribution in [0.2, 0.25) is 0 Å². The van der Waals surface area contributed by atoms with Gasteiger partial charge < -0.3 is 24.8 Å². The summed E-state index contributed by atoms with van der Waals surface area (Å²) in [4.78, 5) is 34.2. The molecule has 184 valence electrons. The summed E-state index contributed by atoms with van der Waals surface area (Å²) < 4.78 is 18.0. The lowest BCUT2D eigenvalue weighted by atomic mass is 9.94. The Morgan fingerprint density at radius 3 is 2.46 bits per heavy atom. The largest absolute Gasteiger partial charge is 0.496 e. The summed E-state index contributed by atoms with van der Waals surface area (Å²) in [5, 5.41) is 6.75. The maximum atomic E-state index is 13.5. The van der Waals surface area contributed by atoms with E-state index >= 15 is 0 Å². The minimum atomic E-state index is -0.276. The molecule has 2 N–H and O–H groups in total. The zero-order valence-corrected chi connectivity index (χ0v) is 20.5. The molecule has 3 aromatic rings. The molecule has 0 radical (unpaired) electrons. The van der Waals surface area contributed by atoms with E-state index in [1.807, 2.05) is 19.9 Å². The third kappa shape index (κ3) is 4.44. The smallest absolute Gasteiger partial charge is 0.259 e. The molecule has 0 aliphatic carbocycles. The summed E-state index contributed by atoms with van der Waals surface area (Å²) in [5.41, 5.74) is 3.23. The fraction of sp³-hybridized carbons (Fsp3) is 0.360. The van der Waals surface area contributed by atoms with Crippen molar-refractivity contribution in [3.63, 3.8) is 0 Å². The summed E-state index contributed by atoms with van der Waals surface area (Å²) in [6, 6.07) is 3.14. The first-order valence-electron chi connectivity index (χ1n) is 11.2. The van der Waals surface area contributed by atoms with Gasteiger partial charge in [-0.3, -0.25) is 14.2 Å². The number of nitrogens with zero attached hydrogens (tertiary/aromatic N) is 3. The predicted molar refractivity (Wildman–Crippen MR) is 133 cm³/mol. The number of carbonyl (C=O) groups is 1. The van der Waals surface area contributed by atoms with Gasteiger partial charge in [0.05, 0.1) is 39.5 Å². The number of carbonyl (C=O) groups excluding carboxylic acids is 1. The van der Waals surface area contributed by atoms with E-state index in [1.54, 1.807) is 33.5 Å². The van der Waals surface area contributed by atoms with Gasteiger partial charge in [-0.15, -0.1) is 0 Å². The molecule has 1 aliphatic heterocycles. The van der Waals surface area contributed by atoms with E-state index in [4.69, 9.17) is 14.2 Å². The highest BCUT2D eigenvalue weighted by atomic mass is 16.5. The molecule has 0 spiro atoms. The summed E-state index contributed by atoms with van der Waals surface area (Å²) in [6.07, 6.45) is 2.89. The first-order chi connectivity index (χ1) is 16.8. The number of aryl methyl sites for hydroxylation is 1. The first kappa shape index (κ1) is 24.2. The lowest BCUT2D eigenvalue weighted by Crippen LogP contribution is -2.45. The van der Waals surface area contributed by atoms with E-state index in [-0.39, 0.29) is 23.6 Å². The molecule has 1 aromatic carbocycles. The van der Waals surface area contributed by atoms with Crippen LogP contribution in [0.4, 0.5) is 5.95 Å². The number of rotatable bonds is 7. The Kier molecular flexibility index (Phi) is 6.74. The van der Waals surface area contributed by atoms with Gasteiger partial charge in [0, 0.05) is 35.8 Å². The number of nitrogens with one attached hydrogen (secondary N) is 2. The van der Waals surface area contributed by atoms with Gasteiger partial charge in [0.15, 0.2) is 0 Å². The number of aromatic nitrogens is 3. The van der Waals surface area contributed by atoms with E-state index in [9.17, 15) is 9.59 Å². The highest BCUT2D eigenvalue weighted by molar-refractivity contribution is 5.87. The van der Waals surface area contributed by atoms with Gasteiger partial charge in [-0.25, -0.2) is 4.98 Å². The van der Waals surface area contributed by atoms with Crippen LogP contribution >= 0.6 is 0 Å². The molecule has 1 aliphatic rings. The molecule has 1 saturated heterocycles. The quantitative estimate of drug-likeness (QED) is 0.495. The van der Waals surface area contributed by atoms with E-state index in [0.29, 0.717) is 47.3 Å². The molecule has 10 nitrogen and oxygen atoms in total. The van der Waals surface area contributed by atoms with Crippen molar-refractivity contribution in [1.29, 1.82) is 0 Å². The summed E-state index contributed by atoms with van der Waals surface area (Å²) in [7, 11) is 4.86. The maximum absolute atomic E-state index is 13.5. The Bertz CT molecular complexity index is 1340. The average molecular weight is 480 g/mol. The Hall–Kier alpha value is -3.92. The van der Waals surface area contributed by atoms with Gasteiger partial charge in [0.25, 0.3) is 5.56 Å². The monoisotopic (exact) mass is 479 g/mol. The number of hydrogen-bond acceptors (Lipinski definition) is 8. The van der Waals surface area contributed by atoms with Gasteiger partial charge >= 0.3 is 0 Å². The van der Waals surface area contributed by atoms with Gasteiger partial charge in [0.1, 0.15) is 17.1 Å². The molecule has 35 heavy (non-hydrogen) atoms. The third-order valence-corrected chi connectivity index (χ3v) is 6.32. The summed E-state index contributed by atoms with van der Waals surface area (Å²) in [6.45, 7) is 8.07. The van der Waals surface area contributed by atoms with Gasteiger partial charge in [-0.1, -0.05) is 6.58 Å². The molecule has 0 bridgehead atoms. The number of amides is 1. The van der Waals surface area contributed by atoms with Gasteiger partial charge in [-0.2, -0.15) is 4.98 Å². The van der Waals surface area contributed by atoms with Gasteiger partial charge in [0.2, 0.25) is 11.9 Å². The van der Waals surface area contributed by atoms with Crippen LogP contribution in [0.1, 0.15) is 11.1 Å². The van der Waals surface area contributed by atoms with Crippen molar-refractivity contribution in [1.82, 2.24) is 19.9 Å². The second-order valence-electron chi connectivity index (χ2n) is 8.41. The van der Waals surface area contributed by atoms with Crippen LogP contribution < -0.4 is 25.7 Å². The van der Waals surface area contributed by atoms with Crippen molar-refractivity contribution in [2.45, 2.75) is 25.9 Å². The fourth-order valence-corrected chi connectivity index (χ4v) is 4.43. The second-order valence-corrected chi connectivity index (χ2v) is 8.41. The molecule has 10 heteroatoms. The highest BCUT2D eigenvalue weighted by Crippen LogP contribution is 2.38. The van der Waals surface area contributed by atoms with Crippen LogP contribution in [0.25, 0.3) is 22.2 Å². The third-order valence-electron chi connectivity index (χ3n) is 6.32. The zero-order chi connectivity index (χ0) is 25.3. The van der Waals surface area contributed by atoms with E-state index in [0.717, 1.165) is 16.7 Å². The maximum Gasteiger partial charge on any atom is 0.259 e. The predicted octanol–water partition coefficient (Wildman–Crippen LogP) is 2.11. The molecular weight excluding hydrogens is 450 g/mol. The van der Waals surface area contributed by atoms with Crippen molar-refractivity contribution >= 4 is 22.9 Å². The normalized spacial score (nSPS) is 17.3. The summed E-state index contributed by atoms with van der Waals surface area (Å²) >= 11 is 0. The lowest BCUT2D eigenvalue weighted by Gasteiger charge is -2.20.